The molecule has 0 saturated heterocycles. The Morgan fingerprint density at radius 3 is 2.08 bits per heavy atom. The van der Waals surface area contributed by atoms with Crippen LogP contribution >= 0.6 is 0 Å². The molecule has 0 aliphatic heterocycles. The van der Waals surface area contributed by atoms with Crippen molar-refractivity contribution < 1.29 is 38.1 Å². The van der Waals surface area contributed by atoms with Crippen LogP contribution in [0, 0.1) is 34.6 Å². The lowest BCUT2D eigenvalue weighted by Gasteiger charge is -2.13. The molecule has 0 unspecified atom stereocenters. The van der Waals surface area contributed by atoms with Gasteiger partial charge in [-0.3, -0.25) is 14.6 Å². The van der Waals surface area contributed by atoms with Gasteiger partial charge >= 0.3 is 11.9 Å². The number of ether oxygens (including phenoxy) is 4. The second-order valence-electron chi connectivity index (χ2n) is 14.3. The standard InChI is InChI=1S/C48H49N3O8/c1-8-21-50-30(3)24-39(33(50)6)43(52)28-57-47(54)38-18-11-13-20-45(38)59-36-16-14-15-35(26-36)27-56-23-22-51-31(4)25-40(34(51)7)44(53)29-58-48(55)46-32(5)41(9-2)49-42-19-12-10-17-37(42)46/h8,10-20,24-26H,1,9,21-23,27-29H2,2-7H3. The number of para-hydroxylation sites is 2. The lowest BCUT2D eigenvalue weighted by molar-refractivity contribution is 0.0470. The summed E-state index contributed by atoms with van der Waals surface area (Å²) in [5.74, 6) is -1.01. The number of Topliss-reactive ketones (excluding diaryl/α,β-unsaturated/α-hetero) is 2. The topological polar surface area (TPSA) is 128 Å². The number of carbonyl (C=O) groups is 4. The molecule has 304 valence electrons. The molecule has 6 rings (SSSR count). The first-order valence-electron chi connectivity index (χ1n) is 19.6. The summed E-state index contributed by atoms with van der Waals surface area (Å²) in [5.41, 5.74) is 8.12. The van der Waals surface area contributed by atoms with Crippen LogP contribution in [0.2, 0.25) is 0 Å². The monoisotopic (exact) mass is 795 g/mol. The van der Waals surface area contributed by atoms with Crippen LogP contribution in [0.5, 0.6) is 11.5 Å². The maximum atomic E-state index is 13.3. The van der Waals surface area contributed by atoms with E-state index in [2.05, 4.69) is 11.6 Å². The van der Waals surface area contributed by atoms with Gasteiger partial charge in [-0.2, -0.15) is 0 Å². The molecule has 0 N–H and O–H groups in total. The summed E-state index contributed by atoms with van der Waals surface area (Å²) in [5, 5.41) is 0.697. The van der Waals surface area contributed by atoms with Gasteiger partial charge in [-0.1, -0.05) is 55.5 Å². The van der Waals surface area contributed by atoms with Crippen LogP contribution in [0.15, 0.2) is 97.6 Å². The van der Waals surface area contributed by atoms with Crippen LogP contribution in [-0.2, 0) is 40.3 Å². The molecule has 6 aromatic rings. The van der Waals surface area contributed by atoms with Crippen molar-refractivity contribution in [2.24, 2.45) is 0 Å². The molecule has 0 aliphatic rings. The number of aryl methyl sites for hydroxylation is 3. The van der Waals surface area contributed by atoms with Gasteiger partial charge in [-0.15, -0.1) is 6.58 Å². The van der Waals surface area contributed by atoms with Gasteiger partial charge in [0.2, 0.25) is 11.6 Å². The van der Waals surface area contributed by atoms with Crippen LogP contribution in [0.25, 0.3) is 10.9 Å². The van der Waals surface area contributed by atoms with Crippen molar-refractivity contribution in [1.29, 1.82) is 0 Å². The summed E-state index contributed by atoms with van der Waals surface area (Å²) >= 11 is 0. The van der Waals surface area contributed by atoms with E-state index in [4.69, 9.17) is 18.9 Å². The normalized spacial score (nSPS) is 11.1. The van der Waals surface area contributed by atoms with Crippen LogP contribution in [0.3, 0.4) is 0 Å². The maximum absolute atomic E-state index is 13.3. The Morgan fingerprint density at radius 1 is 0.729 bits per heavy atom. The van der Waals surface area contributed by atoms with Crippen molar-refractivity contribution >= 4 is 34.4 Å². The van der Waals surface area contributed by atoms with Gasteiger partial charge < -0.3 is 28.1 Å². The second kappa shape index (κ2) is 18.8. The van der Waals surface area contributed by atoms with E-state index in [1.54, 1.807) is 42.5 Å². The smallest absolute Gasteiger partial charge is 0.342 e. The number of hydrogen-bond donors (Lipinski definition) is 0. The number of esters is 2. The number of nitrogens with zero attached hydrogens (tertiary/aromatic N) is 3. The Morgan fingerprint density at radius 2 is 1.37 bits per heavy atom. The minimum atomic E-state index is -0.672. The largest absolute Gasteiger partial charge is 0.456 e. The van der Waals surface area contributed by atoms with Gasteiger partial charge in [0.05, 0.1) is 24.3 Å². The number of carbonyl (C=O) groups excluding carboxylic acids is 4. The van der Waals surface area contributed by atoms with Crippen LogP contribution in [0.1, 0.15) is 88.0 Å². The molecule has 11 heteroatoms. The third-order valence-corrected chi connectivity index (χ3v) is 10.5. The molecule has 3 aromatic heterocycles. The zero-order valence-electron chi connectivity index (χ0n) is 34.4. The second-order valence-corrected chi connectivity index (χ2v) is 14.3. The van der Waals surface area contributed by atoms with Crippen molar-refractivity contribution in [2.45, 2.75) is 67.7 Å². The van der Waals surface area contributed by atoms with Crippen molar-refractivity contribution in [1.82, 2.24) is 14.1 Å². The third kappa shape index (κ3) is 9.42. The molecule has 0 saturated carbocycles. The Bertz CT molecular complexity index is 2560. The molecule has 0 bridgehead atoms. The summed E-state index contributed by atoms with van der Waals surface area (Å²) in [4.78, 5) is 57.5. The third-order valence-electron chi connectivity index (χ3n) is 10.5. The van der Waals surface area contributed by atoms with E-state index in [-0.39, 0.29) is 29.5 Å². The van der Waals surface area contributed by atoms with Crippen LogP contribution in [0.4, 0.5) is 0 Å². The molecule has 0 radical (unpaired) electrons. The van der Waals surface area contributed by atoms with Gasteiger partial charge in [-0.05, 0) is 94.6 Å². The van der Waals surface area contributed by atoms with Crippen molar-refractivity contribution in [3.8, 4) is 11.5 Å². The summed E-state index contributed by atoms with van der Waals surface area (Å²) in [6.45, 7) is 16.1. The number of hydrogen-bond acceptors (Lipinski definition) is 9. The molecule has 59 heavy (non-hydrogen) atoms. The SMILES string of the molecule is C=CCn1c(C)cc(C(=O)COC(=O)c2ccccc2Oc2cccc(COCCn3c(C)cc(C(=O)COC(=O)c4c(C)c(CC)nc5ccccc45)c3C)c2)c1C. The van der Waals surface area contributed by atoms with E-state index in [0.717, 1.165) is 39.6 Å². The number of ketones is 2. The maximum Gasteiger partial charge on any atom is 0.342 e. The predicted octanol–water partition coefficient (Wildman–Crippen LogP) is 9.22. The quantitative estimate of drug-likeness (QED) is 0.0362. The van der Waals surface area contributed by atoms with E-state index in [9.17, 15) is 19.2 Å². The van der Waals surface area contributed by atoms with Gasteiger partial charge in [0, 0.05) is 58.1 Å². The van der Waals surface area contributed by atoms with Gasteiger partial charge in [0.25, 0.3) is 0 Å². The molecule has 0 fully saturated rings. The summed E-state index contributed by atoms with van der Waals surface area (Å²) in [7, 11) is 0. The number of allylic oxidation sites excluding steroid dienone is 1. The molecular formula is C48H49N3O8. The van der Waals surface area contributed by atoms with Crippen LogP contribution in [-0.4, -0.2) is 57.4 Å². The number of pyridine rings is 1. The summed E-state index contributed by atoms with van der Waals surface area (Å²) in [6, 6.07) is 25.1. The number of rotatable bonds is 18. The number of fused-ring (bicyclic) bond motifs is 1. The van der Waals surface area contributed by atoms with E-state index < -0.39 is 18.5 Å². The highest BCUT2D eigenvalue weighted by Crippen LogP contribution is 2.28. The zero-order valence-corrected chi connectivity index (χ0v) is 34.4. The van der Waals surface area contributed by atoms with Crippen molar-refractivity contribution in [2.75, 3.05) is 19.8 Å². The lowest BCUT2D eigenvalue weighted by Crippen LogP contribution is -2.17. The highest BCUT2D eigenvalue weighted by molar-refractivity contribution is 6.06. The Kier molecular flexibility index (Phi) is 13.4. The van der Waals surface area contributed by atoms with E-state index in [1.165, 1.54) is 0 Å². The van der Waals surface area contributed by atoms with Crippen molar-refractivity contribution in [3.63, 3.8) is 0 Å². The number of aromatic nitrogens is 3. The molecule has 11 nitrogen and oxygen atoms in total. The van der Waals surface area contributed by atoms with E-state index in [1.807, 2.05) is 99.2 Å². The summed E-state index contributed by atoms with van der Waals surface area (Å²) < 4.78 is 27.2. The first-order chi connectivity index (χ1) is 28.4. The van der Waals surface area contributed by atoms with Crippen molar-refractivity contribution in [3.05, 3.63) is 159 Å². The predicted molar refractivity (Wildman–Crippen MR) is 226 cm³/mol. The van der Waals surface area contributed by atoms with Gasteiger partial charge in [-0.25, -0.2) is 9.59 Å². The highest BCUT2D eigenvalue weighted by atomic mass is 16.5. The fraction of sp³-hybridized carbons (Fsp3) is 0.271. The van der Waals surface area contributed by atoms with Gasteiger partial charge in [0.15, 0.2) is 13.2 Å². The summed E-state index contributed by atoms with van der Waals surface area (Å²) in [6.07, 6.45) is 2.43. The molecule has 0 aliphatic carbocycles. The zero-order chi connectivity index (χ0) is 42.2. The molecular weight excluding hydrogens is 747 g/mol. The Balaban J connectivity index is 1.02. The Labute approximate surface area is 344 Å². The first kappa shape index (κ1) is 42.0. The average molecular weight is 796 g/mol. The highest BCUT2D eigenvalue weighted by Gasteiger charge is 2.23. The molecule has 3 aromatic carbocycles. The molecule has 0 atom stereocenters. The average Bonchev–Trinajstić information content (AvgIpc) is 3.68. The molecule has 0 spiro atoms. The first-order valence-corrected chi connectivity index (χ1v) is 19.6. The molecule has 3 heterocycles. The minimum absolute atomic E-state index is 0.190. The van der Waals surface area contributed by atoms with E-state index >= 15 is 0 Å². The minimum Gasteiger partial charge on any atom is -0.456 e. The Hall–Kier alpha value is -6.59. The fourth-order valence-corrected chi connectivity index (χ4v) is 7.35. The molecule has 0 amide bonds. The van der Waals surface area contributed by atoms with Crippen LogP contribution < -0.4 is 4.74 Å². The lowest BCUT2D eigenvalue weighted by atomic mass is 10.0. The van der Waals surface area contributed by atoms with E-state index in [0.29, 0.717) is 66.1 Å². The van der Waals surface area contributed by atoms with Gasteiger partial charge in [0.1, 0.15) is 17.1 Å². The fourth-order valence-electron chi connectivity index (χ4n) is 7.35. The number of benzene rings is 3.